The van der Waals surface area contributed by atoms with E-state index in [2.05, 4.69) is 6.66 Å². The third-order valence-electron chi connectivity index (χ3n) is 0. The zero-order valence-electron chi connectivity index (χ0n) is 4.14. The van der Waals surface area contributed by atoms with E-state index in [9.17, 15) is 4.57 Å². The van der Waals surface area contributed by atoms with Crippen LogP contribution in [-0.4, -0.2) is 13.3 Å². The largest absolute Gasteiger partial charge is 0.358 e. The van der Waals surface area contributed by atoms with E-state index in [4.69, 9.17) is 0 Å². The predicted octanol–water partition coefficient (Wildman–Crippen LogP) is 1.40. The van der Waals surface area contributed by atoms with Crippen LogP contribution < -0.4 is 0 Å². The normalized spacial score (nSPS) is 9.83. The molecule has 0 aromatic rings. The van der Waals surface area contributed by atoms with Crippen molar-refractivity contribution in [3.63, 3.8) is 0 Å². The van der Waals surface area contributed by atoms with Crippen LogP contribution in [0.4, 0.5) is 0 Å². The van der Waals surface area contributed by atoms with Crippen LogP contribution in [0.3, 0.4) is 0 Å². The van der Waals surface area contributed by atoms with Crippen molar-refractivity contribution in [2.45, 2.75) is 0 Å². The molecule has 0 saturated carbocycles. The van der Waals surface area contributed by atoms with Gasteiger partial charge in [-0.25, -0.2) is 0 Å². The predicted molar refractivity (Wildman–Crippen MR) is 24.8 cm³/mol. The Bertz CT molecular complexity index is 56.9. The van der Waals surface area contributed by atoms with Gasteiger partial charge < -0.3 is 4.57 Å². The summed E-state index contributed by atoms with van der Waals surface area (Å²) in [5, 5.41) is 0. The molecule has 0 bridgehead atoms. The maximum Gasteiger partial charge on any atom is 0 e. The van der Waals surface area contributed by atoms with Gasteiger partial charge in [0.1, 0.15) is 0 Å². The summed E-state index contributed by atoms with van der Waals surface area (Å²) in [4.78, 5) is 0. The van der Waals surface area contributed by atoms with Crippen LogP contribution in [0.1, 0.15) is 0 Å². The Morgan fingerprint density at radius 1 is 1.50 bits per heavy atom. The maximum atomic E-state index is 10.1. The van der Waals surface area contributed by atoms with Gasteiger partial charge >= 0.3 is 0 Å². The van der Waals surface area contributed by atoms with Crippen molar-refractivity contribution in [3.8, 4) is 0 Å². The topological polar surface area (TPSA) is 17.1 Å². The minimum Gasteiger partial charge on any atom is -0.358 e. The fourth-order valence-electron chi connectivity index (χ4n) is 0. The van der Waals surface area contributed by atoms with Crippen LogP contribution in [-0.2, 0) is 37.3 Å². The van der Waals surface area contributed by atoms with Gasteiger partial charge in [0.2, 0.25) is 0 Å². The second-order valence-electron chi connectivity index (χ2n) is 1.57. The molecule has 3 heteroatoms. The monoisotopic (exact) mass is 180 g/mol. The zero-order chi connectivity index (χ0) is 4.50. The van der Waals surface area contributed by atoms with Crippen molar-refractivity contribution in [2.24, 2.45) is 0 Å². The van der Waals surface area contributed by atoms with Crippen LogP contribution in [0.2, 0.25) is 0 Å². The Labute approximate surface area is 64.1 Å². The molecule has 0 aliphatic heterocycles. The third-order valence-corrected chi connectivity index (χ3v) is 0. The first-order chi connectivity index (χ1) is 2.00. The van der Waals surface area contributed by atoms with Crippen LogP contribution in [0.25, 0.3) is 0 Å². The minimum absolute atomic E-state index is 0. The first-order valence-corrected chi connectivity index (χ1v) is 4.18. The summed E-state index contributed by atoms with van der Waals surface area (Å²) < 4.78 is 10.1. The average Bonchev–Trinajstić information content (AvgIpc) is 0.722. The first kappa shape index (κ1) is 10.3. The maximum absolute atomic E-state index is 10.1. The van der Waals surface area contributed by atoms with Crippen molar-refractivity contribution >= 4 is 7.14 Å². The van der Waals surface area contributed by atoms with Gasteiger partial charge in [-0.3, -0.25) is 6.66 Å². The molecule has 0 N–H and O–H groups in total. The van der Waals surface area contributed by atoms with E-state index in [0.717, 1.165) is 0 Å². The Hall–Kier alpha value is 1.33. The molecule has 0 saturated heterocycles. The van der Waals surface area contributed by atoms with Gasteiger partial charge in [0.05, 0.1) is 0 Å². The Kier molecular flexibility index (Phi) is 5.77. The molecular formula is C3H8OPY-. The van der Waals surface area contributed by atoms with E-state index in [1.54, 1.807) is 13.3 Å². The molecule has 0 atom stereocenters. The van der Waals surface area contributed by atoms with Gasteiger partial charge in [-0.2, -0.15) is 0 Å². The average molecular weight is 180 g/mol. The van der Waals surface area contributed by atoms with Crippen LogP contribution >= 0.6 is 7.14 Å². The van der Waals surface area contributed by atoms with Gasteiger partial charge in [-0.1, -0.05) is 7.14 Å². The van der Waals surface area contributed by atoms with Gasteiger partial charge in [0, 0.05) is 32.7 Å². The van der Waals surface area contributed by atoms with Gasteiger partial charge in [0.25, 0.3) is 0 Å². The standard InChI is InChI=1S/C3H8OP.Y/c1-5(2,3)4;/h1H2,2-3H3;/q-1;. The molecule has 1 radical (unpaired) electrons. The summed E-state index contributed by atoms with van der Waals surface area (Å²) in [6.45, 7) is 6.59. The van der Waals surface area contributed by atoms with Crippen molar-refractivity contribution in [2.75, 3.05) is 13.3 Å². The molecule has 0 heterocycles. The molecule has 0 unspecified atom stereocenters. The second kappa shape index (κ2) is 3.35. The summed E-state index contributed by atoms with van der Waals surface area (Å²) in [7, 11) is -1.89. The molecule has 1 nitrogen and oxygen atoms in total. The molecule has 0 aliphatic rings. The van der Waals surface area contributed by atoms with Gasteiger partial charge in [-0.05, 0) is 13.3 Å². The SMILES string of the molecule is [CH2-]P(C)(C)=O.[Y]. The fraction of sp³-hybridized carbons (Fsp3) is 0.667. The Balaban J connectivity index is 0. The number of rotatable bonds is 0. The van der Waals surface area contributed by atoms with E-state index in [-0.39, 0.29) is 32.7 Å². The second-order valence-corrected chi connectivity index (χ2v) is 4.72. The summed E-state index contributed by atoms with van der Waals surface area (Å²) in [6, 6.07) is 0. The zero-order valence-corrected chi connectivity index (χ0v) is 7.87. The van der Waals surface area contributed by atoms with E-state index < -0.39 is 7.14 Å². The van der Waals surface area contributed by atoms with Crippen LogP contribution in [0.15, 0.2) is 0 Å². The molecule has 6 heavy (non-hydrogen) atoms. The molecule has 35 valence electrons. The molecule has 0 spiro atoms. The smallest absolute Gasteiger partial charge is 0 e. The molecule has 0 rings (SSSR count). The van der Waals surface area contributed by atoms with Crippen molar-refractivity contribution in [1.29, 1.82) is 0 Å². The van der Waals surface area contributed by atoms with Crippen LogP contribution in [0.5, 0.6) is 0 Å². The summed E-state index contributed by atoms with van der Waals surface area (Å²) in [6.07, 6.45) is 0. The molecule has 0 fully saturated rings. The quantitative estimate of drug-likeness (QED) is 0.406. The summed E-state index contributed by atoms with van der Waals surface area (Å²) >= 11 is 0. The number of hydrogen-bond donors (Lipinski definition) is 0. The van der Waals surface area contributed by atoms with E-state index >= 15 is 0 Å². The summed E-state index contributed by atoms with van der Waals surface area (Å²) in [5.41, 5.74) is 0. The minimum atomic E-state index is -1.89. The van der Waals surface area contributed by atoms with Gasteiger partial charge in [0.15, 0.2) is 0 Å². The van der Waals surface area contributed by atoms with E-state index in [0.29, 0.717) is 0 Å². The fourth-order valence-corrected chi connectivity index (χ4v) is 0. The van der Waals surface area contributed by atoms with E-state index in [1.165, 1.54) is 0 Å². The molecule has 0 aliphatic carbocycles. The summed E-state index contributed by atoms with van der Waals surface area (Å²) in [5.74, 6) is 0. The van der Waals surface area contributed by atoms with Crippen LogP contribution in [0, 0.1) is 6.66 Å². The Morgan fingerprint density at radius 2 is 1.50 bits per heavy atom. The number of hydrogen-bond acceptors (Lipinski definition) is 1. The van der Waals surface area contributed by atoms with Crippen molar-refractivity contribution < 1.29 is 37.3 Å². The van der Waals surface area contributed by atoms with E-state index in [1.807, 2.05) is 0 Å². The Morgan fingerprint density at radius 3 is 1.50 bits per heavy atom. The van der Waals surface area contributed by atoms with Gasteiger partial charge in [-0.15, -0.1) is 0 Å². The molecule has 0 aromatic carbocycles. The molecular weight excluding hydrogens is 172 g/mol. The molecule has 0 amide bonds. The third kappa shape index (κ3) is 56.3. The molecule has 0 aromatic heterocycles. The van der Waals surface area contributed by atoms with Crippen molar-refractivity contribution in [3.05, 3.63) is 6.66 Å². The van der Waals surface area contributed by atoms with Crippen molar-refractivity contribution in [1.82, 2.24) is 0 Å². The first-order valence-electron chi connectivity index (χ1n) is 1.39.